The summed E-state index contributed by atoms with van der Waals surface area (Å²) in [7, 11) is 1.48. The van der Waals surface area contributed by atoms with Crippen molar-refractivity contribution in [3.8, 4) is 0 Å². The molecule has 2 saturated heterocycles. The summed E-state index contributed by atoms with van der Waals surface area (Å²) in [5, 5.41) is 3.93. The number of hydrogen-bond acceptors (Lipinski definition) is 6. The first-order valence-corrected chi connectivity index (χ1v) is 10.6. The first-order valence-electron chi connectivity index (χ1n) is 8.88. The Hall–Kier alpha value is -1.57. The number of likely N-dealkylation sites (tertiary alicyclic amines) is 1. The highest BCUT2D eigenvalue weighted by Gasteiger charge is 2.67. The molecule has 4 atom stereocenters. The van der Waals surface area contributed by atoms with Crippen LogP contribution >= 0.6 is 23.4 Å². The Labute approximate surface area is 167 Å². The molecule has 0 radical (unpaired) electrons. The van der Waals surface area contributed by atoms with Crippen molar-refractivity contribution in [3.05, 3.63) is 34.9 Å². The van der Waals surface area contributed by atoms with E-state index in [-0.39, 0.29) is 18.4 Å². The Bertz CT molecular complexity index is 757. The molecule has 27 heavy (non-hydrogen) atoms. The van der Waals surface area contributed by atoms with Crippen molar-refractivity contribution in [2.24, 2.45) is 11.8 Å². The number of carbonyl (C=O) groups excluding carboxylic acids is 3. The van der Waals surface area contributed by atoms with E-state index in [1.54, 1.807) is 30.8 Å². The Morgan fingerprint density at radius 2 is 1.96 bits per heavy atom. The van der Waals surface area contributed by atoms with Crippen LogP contribution in [0.15, 0.2) is 24.3 Å². The van der Waals surface area contributed by atoms with E-state index in [1.807, 2.05) is 18.4 Å². The van der Waals surface area contributed by atoms with Crippen molar-refractivity contribution in [1.82, 2.24) is 10.2 Å². The minimum Gasteiger partial charge on any atom is -0.465 e. The molecule has 2 amide bonds. The predicted molar refractivity (Wildman–Crippen MR) is 104 cm³/mol. The smallest absolute Gasteiger partial charge is 0.327 e. The van der Waals surface area contributed by atoms with E-state index >= 15 is 0 Å². The molecule has 146 valence electrons. The summed E-state index contributed by atoms with van der Waals surface area (Å²) in [5.74, 6) is -1.83. The molecule has 0 aliphatic carbocycles. The number of thioether (sulfide) groups is 1. The van der Waals surface area contributed by atoms with E-state index in [1.165, 1.54) is 7.05 Å². The third-order valence-corrected chi connectivity index (χ3v) is 6.31. The van der Waals surface area contributed by atoms with Gasteiger partial charge in [0.05, 0.1) is 18.4 Å². The zero-order valence-corrected chi connectivity index (χ0v) is 17.1. The molecule has 0 spiro atoms. The van der Waals surface area contributed by atoms with E-state index in [9.17, 15) is 14.4 Å². The summed E-state index contributed by atoms with van der Waals surface area (Å²) in [5.41, 5.74) is -0.396. The number of rotatable bonds is 6. The third kappa shape index (κ3) is 3.26. The molecule has 3 rings (SSSR count). The minimum absolute atomic E-state index is 0.211. The zero-order chi connectivity index (χ0) is 19.8. The van der Waals surface area contributed by atoms with Crippen LogP contribution in [0.3, 0.4) is 0 Å². The molecule has 2 aliphatic heterocycles. The first kappa shape index (κ1) is 20.2. The van der Waals surface area contributed by atoms with Gasteiger partial charge in [0, 0.05) is 18.1 Å². The predicted octanol–water partition coefficient (Wildman–Crippen LogP) is 2.27. The molecule has 1 aromatic rings. The van der Waals surface area contributed by atoms with Gasteiger partial charge >= 0.3 is 5.97 Å². The van der Waals surface area contributed by atoms with Crippen molar-refractivity contribution in [2.75, 3.05) is 25.7 Å². The Morgan fingerprint density at radius 1 is 1.30 bits per heavy atom. The molecule has 1 N–H and O–H groups in total. The van der Waals surface area contributed by atoms with Crippen molar-refractivity contribution >= 4 is 41.1 Å². The van der Waals surface area contributed by atoms with Crippen LogP contribution in [0.4, 0.5) is 0 Å². The van der Waals surface area contributed by atoms with E-state index in [2.05, 4.69) is 5.32 Å². The summed E-state index contributed by atoms with van der Waals surface area (Å²) in [4.78, 5) is 40.0. The SMILES string of the molecule is CCOC(=O)[C@]1(CCSC)N[C@H](c2ccc(Cl)cc2)[C@@H]2C(=O)N(C)C(=O)[C@@H]21. The van der Waals surface area contributed by atoms with E-state index in [0.29, 0.717) is 17.2 Å². The van der Waals surface area contributed by atoms with Crippen molar-refractivity contribution in [3.63, 3.8) is 0 Å². The molecule has 6 nitrogen and oxygen atoms in total. The monoisotopic (exact) mass is 410 g/mol. The fourth-order valence-corrected chi connectivity index (χ4v) is 4.80. The maximum absolute atomic E-state index is 13.0. The third-order valence-electron chi connectivity index (χ3n) is 5.44. The van der Waals surface area contributed by atoms with Gasteiger partial charge in [0.15, 0.2) is 0 Å². The molecular weight excluding hydrogens is 388 g/mol. The standard InChI is InChI=1S/C19H23ClN2O4S/c1-4-26-18(25)19(9-10-27-3)14-13(16(23)22(2)17(14)24)15(21-19)11-5-7-12(20)8-6-11/h5-8,13-15,21H,4,9-10H2,1-3H3/t13-,14-,15-,19-/m1/s1. The summed E-state index contributed by atoms with van der Waals surface area (Å²) in [6.07, 6.45) is 2.35. The quantitative estimate of drug-likeness (QED) is 0.572. The van der Waals surface area contributed by atoms with Crippen molar-refractivity contribution in [1.29, 1.82) is 0 Å². The van der Waals surface area contributed by atoms with Crippen molar-refractivity contribution in [2.45, 2.75) is 24.9 Å². The van der Waals surface area contributed by atoms with Crippen LogP contribution in [0.2, 0.25) is 5.02 Å². The number of benzene rings is 1. The molecule has 8 heteroatoms. The van der Waals surface area contributed by atoms with Gasteiger partial charge in [-0.25, -0.2) is 0 Å². The molecule has 0 unspecified atom stereocenters. The van der Waals surface area contributed by atoms with Gasteiger partial charge < -0.3 is 4.74 Å². The summed E-state index contributed by atoms with van der Waals surface area (Å²) < 4.78 is 5.34. The van der Waals surface area contributed by atoms with Gasteiger partial charge in [0.2, 0.25) is 11.8 Å². The lowest BCUT2D eigenvalue weighted by Crippen LogP contribution is -2.56. The number of carbonyl (C=O) groups is 3. The van der Waals surface area contributed by atoms with Gasteiger partial charge in [-0.2, -0.15) is 11.8 Å². The highest BCUT2D eigenvalue weighted by Crippen LogP contribution is 2.50. The number of nitrogens with zero attached hydrogens (tertiary/aromatic N) is 1. The number of halogens is 1. The summed E-state index contributed by atoms with van der Waals surface area (Å²) in [6, 6.07) is 6.67. The normalized spacial score (nSPS) is 29.9. The molecule has 2 aliphatic rings. The van der Waals surface area contributed by atoms with Crippen LogP contribution in [-0.2, 0) is 19.1 Å². The minimum atomic E-state index is -1.22. The number of imide groups is 1. The lowest BCUT2D eigenvalue weighted by molar-refractivity contribution is -0.156. The number of amides is 2. The highest BCUT2D eigenvalue weighted by atomic mass is 35.5. The lowest BCUT2D eigenvalue weighted by atomic mass is 9.78. The van der Waals surface area contributed by atoms with Gasteiger partial charge in [0.25, 0.3) is 0 Å². The van der Waals surface area contributed by atoms with Crippen LogP contribution < -0.4 is 5.32 Å². The second-order valence-electron chi connectivity index (χ2n) is 6.85. The fraction of sp³-hybridized carbons (Fsp3) is 0.526. The summed E-state index contributed by atoms with van der Waals surface area (Å²) in [6.45, 7) is 1.94. The summed E-state index contributed by atoms with van der Waals surface area (Å²) >= 11 is 7.58. The molecule has 0 bridgehead atoms. The van der Waals surface area contributed by atoms with E-state index in [4.69, 9.17) is 16.3 Å². The second kappa shape index (κ2) is 7.81. The maximum Gasteiger partial charge on any atom is 0.327 e. The average molecular weight is 411 g/mol. The number of ether oxygens (including phenoxy) is 1. The van der Waals surface area contributed by atoms with Gasteiger partial charge in [-0.05, 0) is 43.0 Å². The van der Waals surface area contributed by atoms with Crippen LogP contribution in [0.25, 0.3) is 0 Å². The first-order chi connectivity index (χ1) is 12.9. The number of nitrogens with one attached hydrogen (secondary N) is 1. The largest absolute Gasteiger partial charge is 0.465 e. The Morgan fingerprint density at radius 3 is 2.56 bits per heavy atom. The topological polar surface area (TPSA) is 75.7 Å². The fourth-order valence-electron chi connectivity index (χ4n) is 4.15. The van der Waals surface area contributed by atoms with Gasteiger partial charge in [-0.15, -0.1) is 0 Å². The zero-order valence-electron chi connectivity index (χ0n) is 15.5. The van der Waals surface area contributed by atoms with Crippen LogP contribution in [0, 0.1) is 11.8 Å². The maximum atomic E-state index is 13.0. The van der Waals surface area contributed by atoms with E-state index in [0.717, 1.165) is 10.5 Å². The lowest BCUT2D eigenvalue weighted by Gasteiger charge is -2.32. The average Bonchev–Trinajstić information content (AvgIpc) is 3.11. The molecule has 2 fully saturated rings. The Kier molecular flexibility index (Phi) is 5.84. The molecule has 2 heterocycles. The van der Waals surface area contributed by atoms with Crippen LogP contribution in [0.1, 0.15) is 24.9 Å². The highest BCUT2D eigenvalue weighted by molar-refractivity contribution is 7.98. The van der Waals surface area contributed by atoms with Gasteiger partial charge in [-0.1, -0.05) is 23.7 Å². The number of hydrogen-bond donors (Lipinski definition) is 1. The van der Waals surface area contributed by atoms with Gasteiger partial charge in [-0.3, -0.25) is 24.6 Å². The van der Waals surface area contributed by atoms with Crippen LogP contribution in [-0.4, -0.2) is 53.9 Å². The molecule has 0 aromatic heterocycles. The molecule has 1 aromatic carbocycles. The van der Waals surface area contributed by atoms with Crippen molar-refractivity contribution < 1.29 is 19.1 Å². The molecular formula is C19H23ClN2O4S. The van der Waals surface area contributed by atoms with E-state index < -0.39 is 29.4 Å². The number of esters is 1. The Balaban J connectivity index is 2.10. The molecule has 0 saturated carbocycles. The number of fused-ring (bicyclic) bond motifs is 1. The van der Waals surface area contributed by atoms with Gasteiger partial charge in [0.1, 0.15) is 5.54 Å². The van der Waals surface area contributed by atoms with Crippen LogP contribution in [0.5, 0.6) is 0 Å². The second-order valence-corrected chi connectivity index (χ2v) is 8.27.